The Morgan fingerprint density at radius 3 is 2.62 bits per heavy atom. The number of aromatic nitrogens is 2. The zero-order valence-electron chi connectivity index (χ0n) is 16.7. The number of ether oxygens (including phenoxy) is 2. The Labute approximate surface area is 170 Å². The molecule has 0 N–H and O–H groups in total. The predicted molar refractivity (Wildman–Crippen MR) is 113 cm³/mol. The van der Waals surface area contributed by atoms with Crippen molar-refractivity contribution in [2.45, 2.75) is 19.6 Å². The van der Waals surface area contributed by atoms with E-state index in [9.17, 15) is 4.79 Å². The van der Waals surface area contributed by atoms with Crippen LogP contribution in [-0.2, 0) is 20.8 Å². The minimum atomic E-state index is 0.0144. The van der Waals surface area contributed by atoms with Gasteiger partial charge < -0.3 is 14.4 Å². The first-order valence-corrected chi connectivity index (χ1v) is 9.78. The van der Waals surface area contributed by atoms with Gasteiger partial charge in [-0.3, -0.25) is 9.48 Å². The summed E-state index contributed by atoms with van der Waals surface area (Å²) in [5, 5.41) is 4.70. The van der Waals surface area contributed by atoms with Gasteiger partial charge in [0.1, 0.15) is 6.10 Å². The molecule has 0 radical (unpaired) electrons. The van der Waals surface area contributed by atoms with Gasteiger partial charge in [0.15, 0.2) is 0 Å². The fourth-order valence-electron chi connectivity index (χ4n) is 3.39. The lowest BCUT2D eigenvalue weighted by atomic mass is 10.0. The standard InChI is InChI=1S/C23H25N3O3/c1-17(27)25(2)21-8-6-18(7-9-21)19-4-3-5-20(14-19)23-10-11-26(24-23)15-22-16-28-12-13-29-22/h3-11,14,22H,12-13,15-16H2,1-2H3/t22-/m1/s1. The molecule has 150 valence electrons. The zero-order valence-corrected chi connectivity index (χ0v) is 16.7. The van der Waals surface area contributed by atoms with Gasteiger partial charge in [-0.2, -0.15) is 5.10 Å². The van der Waals surface area contributed by atoms with Gasteiger partial charge in [0.25, 0.3) is 0 Å². The molecular formula is C23H25N3O3. The van der Waals surface area contributed by atoms with E-state index in [1.165, 1.54) is 0 Å². The number of carbonyl (C=O) groups excluding carboxylic acids is 1. The van der Waals surface area contributed by atoms with Crippen molar-refractivity contribution >= 4 is 11.6 Å². The number of carbonyl (C=O) groups is 1. The largest absolute Gasteiger partial charge is 0.376 e. The molecule has 1 saturated heterocycles. The maximum atomic E-state index is 11.5. The van der Waals surface area contributed by atoms with Crippen LogP contribution in [0.2, 0.25) is 0 Å². The van der Waals surface area contributed by atoms with E-state index in [1.54, 1.807) is 18.9 Å². The van der Waals surface area contributed by atoms with Gasteiger partial charge in [-0.1, -0.05) is 30.3 Å². The zero-order chi connectivity index (χ0) is 20.2. The van der Waals surface area contributed by atoms with Crippen LogP contribution in [0.5, 0.6) is 0 Å². The van der Waals surface area contributed by atoms with Crippen molar-refractivity contribution in [3.05, 3.63) is 60.8 Å². The number of rotatable bonds is 5. The quantitative estimate of drug-likeness (QED) is 0.667. The third kappa shape index (κ3) is 4.55. The van der Waals surface area contributed by atoms with Crippen LogP contribution in [-0.4, -0.2) is 48.7 Å². The molecule has 1 aliphatic heterocycles. The summed E-state index contributed by atoms with van der Waals surface area (Å²) in [6, 6.07) is 18.3. The first-order valence-electron chi connectivity index (χ1n) is 9.78. The second kappa shape index (κ2) is 8.59. The molecule has 0 bridgehead atoms. The maximum Gasteiger partial charge on any atom is 0.223 e. The molecule has 1 aromatic heterocycles. The normalized spacial score (nSPS) is 16.6. The third-order valence-corrected chi connectivity index (χ3v) is 5.13. The monoisotopic (exact) mass is 391 g/mol. The lowest BCUT2D eigenvalue weighted by molar-refractivity contribution is -0.116. The highest BCUT2D eigenvalue weighted by Crippen LogP contribution is 2.27. The minimum Gasteiger partial charge on any atom is -0.376 e. The summed E-state index contributed by atoms with van der Waals surface area (Å²) in [5.74, 6) is 0.0144. The Hall–Kier alpha value is -2.96. The molecule has 4 rings (SSSR count). The molecule has 1 atom stereocenters. The first-order chi connectivity index (χ1) is 14.1. The van der Waals surface area contributed by atoms with E-state index in [1.807, 2.05) is 47.3 Å². The summed E-state index contributed by atoms with van der Waals surface area (Å²) >= 11 is 0. The number of anilines is 1. The van der Waals surface area contributed by atoms with Crippen molar-refractivity contribution in [2.24, 2.45) is 0 Å². The number of hydrogen-bond donors (Lipinski definition) is 0. The Bertz CT molecular complexity index is 975. The van der Waals surface area contributed by atoms with Gasteiger partial charge in [0, 0.05) is 31.4 Å². The van der Waals surface area contributed by atoms with E-state index in [4.69, 9.17) is 14.6 Å². The Morgan fingerprint density at radius 2 is 1.90 bits per heavy atom. The first kappa shape index (κ1) is 19.4. The van der Waals surface area contributed by atoms with E-state index in [0.717, 1.165) is 28.1 Å². The van der Waals surface area contributed by atoms with Crippen LogP contribution in [0.4, 0.5) is 5.69 Å². The second-order valence-electron chi connectivity index (χ2n) is 7.20. The van der Waals surface area contributed by atoms with Crippen LogP contribution < -0.4 is 4.90 Å². The molecule has 1 fully saturated rings. The molecule has 2 heterocycles. The second-order valence-corrected chi connectivity index (χ2v) is 7.20. The summed E-state index contributed by atoms with van der Waals surface area (Å²) in [5.41, 5.74) is 5.08. The van der Waals surface area contributed by atoms with Gasteiger partial charge in [-0.15, -0.1) is 0 Å². The van der Waals surface area contributed by atoms with Crippen LogP contribution in [0, 0.1) is 0 Å². The van der Waals surface area contributed by atoms with E-state index in [2.05, 4.69) is 18.2 Å². The summed E-state index contributed by atoms with van der Waals surface area (Å²) in [4.78, 5) is 13.2. The molecule has 0 unspecified atom stereocenters. The van der Waals surface area contributed by atoms with Gasteiger partial charge in [-0.05, 0) is 35.4 Å². The average molecular weight is 391 g/mol. The Balaban J connectivity index is 1.51. The highest BCUT2D eigenvalue weighted by Gasteiger charge is 2.15. The number of amides is 1. The summed E-state index contributed by atoms with van der Waals surface area (Å²) < 4.78 is 13.1. The molecule has 3 aromatic rings. The lowest BCUT2D eigenvalue weighted by Gasteiger charge is -2.22. The molecule has 29 heavy (non-hydrogen) atoms. The van der Waals surface area contributed by atoms with Crippen molar-refractivity contribution in [3.8, 4) is 22.4 Å². The van der Waals surface area contributed by atoms with E-state index < -0.39 is 0 Å². The maximum absolute atomic E-state index is 11.5. The molecule has 0 spiro atoms. The molecule has 2 aromatic carbocycles. The van der Waals surface area contributed by atoms with Gasteiger partial charge >= 0.3 is 0 Å². The van der Waals surface area contributed by atoms with Gasteiger partial charge in [0.2, 0.25) is 5.91 Å². The lowest BCUT2D eigenvalue weighted by Crippen LogP contribution is -2.32. The summed E-state index contributed by atoms with van der Waals surface area (Å²) in [6.45, 7) is 4.16. The third-order valence-electron chi connectivity index (χ3n) is 5.13. The molecule has 1 amide bonds. The highest BCUT2D eigenvalue weighted by atomic mass is 16.6. The highest BCUT2D eigenvalue weighted by molar-refractivity contribution is 5.91. The molecule has 0 aliphatic carbocycles. The van der Waals surface area contributed by atoms with Crippen molar-refractivity contribution < 1.29 is 14.3 Å². The van der Waals surface area contributed by atoms with E-state index in [0.29, 0.717) is 26.4 Å². The molecular weight excluding hydrogens is 366 g/mol. The number of hydrogen-bond acceptors (Lipinski definition) is 4. The Kier molecular flexibility index (Phi) is 5.74. The number of nitrogens with zero attached hydrogens (tertiary/aromatic N) is 3. The molecule has 0 saturated carbocycles. The summed E-state index contributed by atoms with van der Waals surface area (Å²) in [7, 11) is 1.78. The van der Waals surface area contributed by atoms with E-state index >= 15 is 0 Å². The van der Waals surface area contributed by atoms with Crippen molar-refractivity contribution in [3.63, 3.8) is 0 Å². The molecule has 6 nitrogen and oxygen atoms in total. The fourth-order valence-corrected chi connectivity index (χ4v) is 3.39. The Morgan fingerprint density at radius 1 is 1.10 bits per heavy atom. The van der Waals surface area contributed by atoms with Crippen molar-refractivity contribution in [2.75, 3.05) is 31.8 Å². The van der Waals surface area contributed by atoms with Crippen LogP contribution >= 0.6 is 0 Å². The van der Waals surface area contributed by atoms with Gasteiger partial charge in [0.05, 0.1) is 32.1 Å². The van der Waals surface area contributed by atoms with Crippen LogP contribution in [0.3, 0.4) is 0 Å². The topological polar surface area (TPSA) is 56.6 Å². The van der Waals surface area contributed by atoms with Crippen LogP contribution in [0.15, 0.2) is 60.8 Å². The van der Waals surface area contributed by atoms with Crippen LogP contribution in [0.1, 0.15) is 6.92 Å². The van der Waals surface area contributed by atoms with Crippen LogP contribution in [0.25, 0.3) is 22.4 Å². The van der Waals surface area contributed by atoms with E-state index in [-0.39, 0.29) is 12.0 Å². The number of benzene rings is 2. The van der Waals surface area contributed by atoms with Gasteiger partial charge in [-0.25, -0.2) is 0 Å². The molecule has 1 aliphatic rings. The average Bonchev–Trinajstić information content (AvgIpc) is 3.22. The smallest absolute Gasteiger partial charge is 0.223 e. The predicted octanol–water partition coefficient (Wildman–Crippen LogP) is 3.62. The minimum absolute atomic E-state index is 0.0144. The van der Waals surface area contributed by atoms with Crippen molar-refractivity contribution in [1.82, 2.24) is 9.78 Å². The molecule has 6 heteroatoms. The SMILES string of the molecule is CC(=O)N(C)c1ccc(-c2cccc(-c3ccn(C[C@@H]4COCCO4)n3)c2)cc1. The van der Waals surface area contributed by atoms with Crippen molar-refractivity contribution in [1.29, 1.82) is 0 Å². The summed E-state index contributed by atoms with van der Waals surface area (Å²) in [6.07, 6.45) is 2.03. The fraction of sp³-hybridized carbons (Fsp3) is 0.304.